The van der Waals surface area contributed by atoms with Gasteiger partial charge in [0, 0.05) is 6.54 Å². The lowest BCUT2D eigenvalue weighted by atomic mass is 10.1. The highest BCUT2D eigenvalue weighted by Crippen LogP contribution is 2.19. The number of aliphatic hydroxyl groups excluding tert-OH is 1. The molecule has 0 bridgehead atoms. The zero-order valence-electron chi connectivity index (χ0n) is 11.2. The zero-order chi connectivity index (χ0) is 14.4. The molecule has 0 spiro atoms. The first kappa shape index (κ1) is 14.6. The predicted octanol–water partition coefficient (Wildman–Crippen LogP) is 2.61. The van der Waals surface area contributed by atoms with E-state index >= 15 is 0 Å². The summed E-state index contributed by atoms with van der Waals surface area (Å²) in [5, 5.41) is 16.4. The van der Waals surface area contributed by atoms with Crippen molar-refractivity contribution in [2.24, 2.45) is 0 Å². The van der Waals surface area contributed by atoms with Crippen LogP contribution in [0.5, 0.6) is 5.75 Å². The molecule has 0 fully saturated rings. The number of thiophene rings is 1. The summed E-state index contributed by atoms with van der Waals surface area (Å²) in [7, 11) is 0. The summed E-state index contributed by atoms with van der Waals surface area (Å²) < 4.78 is 5.42. The second-order valence-electron chi connectivity index (χ2n) is 4.21. The molecule has 2 N–H and O–H groups in total. The molecular formula is C15H17NO3S. The van der Waals surface area contributed by atoms with E-state index < -0.39 is 6.10 Å². The molecule has 0 saturated carbocycles. The van der Waals surface area contributed by atoms with Gasteiger partial charge in [-0.1, -0.05) is 12.1 Å². The molecule has 2 rings (SSSR count). The Hall–Kier alpha value is -1.85. The van der Waals surface area contributed by atoms with Gasteiger partial charge in [-0.25, -0.2) is 0 Å². The van der Waals surface area contributed by atoms with Gasteiger partial charge in [0.15, 0.2) is 0 Å². The van der Waals surface area contributed by atoms with Gasteiger partial charge in [-0.15, -0.1) is 0 Å². The quantitative estimate of drug-likeness (QED) is 0.860. The van der Waals surface area contributed by atoms with E-state index in [1.54, 1.807) is 18.2 Å². The Morgan fingerprint density at radius 1 is 1.40 bits per heavy atom. The maximum atomic E-state index is 12.1. The summed E-state index contributed by atoms with van der Waals surface area (Å²) in [5.41, 5.74) is 1.29. The number of hydrogen-bond donors (Lipinski definition) is 2. The Kier molecular flexibility index (Phi) is 5.15. The molecule has 4 nitrogen and oxygen atoms in total. The summed E-state index contributed by atoms with van der Waals surface area (Å²) in [5.74, 6) is 0.306. The van der Waals surface area contributed by atoms with Crippen molar-refractivity contribution in [1.82, 2.24) is 5.32 Å². The fourth-order valence-corrected chi connectivity index (χ4v) is 2.51. The molecule has 0 aliphatic heterocycles. The van der Waals surface area contributed by atoms with Crippen LogP contribution in [-0.4, -0.2) is 24.2 Å². The lowest BCUT2D eigenvalue weighted by Crippen LogP contribution is -2.28. The van der Waals surface area contributed by atoms with E-state index in [9.17, 15) is 9.90 Å². The normalized spacial score (nSPS) is 11.9. The smallest absolute Gasteiger partial charge is 0.255 e. The molecular weight excluding hydrogens is 274 g/mol. The molecule has 1 aromatic heterocycles. The van der Waals surface area contributed by atoms with Gasteiger partial charge in [0.1, 0.15) is 5.75 Å². The second-order valence-corrected chi connectivity index (χ2v) is 4.99. The monoisotopic (exact) mass is 291 g/mol. The lowest BCUT2D eigenvalue weighted by Gasteiger charge is -2.13. The Balaban J connectivity index is 1.98. The number of benzene rings is 1. The molecule has 1 atom stereocenters. The second kappa shape index (κ2) is 7.07. The number of carbonyl (C=O) groups excluding carboxylic acids is 1. The van der Waals surface area contributed by atoms with Crippen LogP contribution in [0.2, 0.25) is 0 Å². The van der Waals surface area contributed by atoms with Crippen molar-refractivity contribution in [1.29, 1.82) is 0 Å². The predicted molar refractivity (Wildman–Crippen MR) is 79.2 cm³/mol. The number of aliphatic hydroxyl groups is 1. The Labute approximate surface area is 122 Å². The van der Waals surface area contributed by atoms with Crippen LogP contribution in [0.3, 0.4) is 0 Å². The summed E-state index contributed by atoms with van der Waals surface area (Å²) in [6, 6.07) is 8.91. The summed E-state index contributed by atoms with van der Waals surface area (Å²) in [4.78, 5) is 12.1. The van der Waals surface area contributed by atoms with Crippen LogP contribution in [0.15, 0.2) is 41.1 Å². The van der Waals surface area contributed by atoms with Crippen molar-refractivity contribution in [3.63, 3.8) is 0 Å². The van der Waals surface area contributed by atoms with Gasteiger partial charge >= 0.3 is 0 Å². The molecule has 1 amide bonds. The minimum absolute atomic E-state index is 0.177. The van der Waals surface area contributed by atoms with Gasteiger partial charge in [-0.2, -0.15) is 11.3 Å². The van der Waals surface area contributed by atoms with E-state index in [1.165, 1.54) is 11.3 Å². The van der Waals surface area contributed by atoms with Gasteiger partial charge in [0.2, 0.25) is 0 Å². The summed E-state index contributed by atoms with van der Waals surface area (Å²) >= 11 is 1.51. The first-order valence-corrected chi connectivity index (χ1v) is 7.36. The Morgan fingerprint density at radius 2 is 2.20 bits per heavy atom. The van der Waals surface area contributed by atoms with Crippen molar-refractivity contribution in [3.8, 4) is 5.75 Å². The van der Waals surface area contributed by atoms with Crippen LogP contribution in [0, 0.1) is 0 Å². The molecule has 1 aromatic carbocycles. The molecule has 1 heterocycles. The lowest BCUT2D eigenvalue weighted by molar-refractivity contribution is 0.0913. The number of rotatable bonds is 6. The summed E-state index contributed by atoms with van der Waals surface area (Å²) in [6.07, 6.45) is -0.690. The topological polar surface area (TPSA) is 58.6 Å². The largest absolute Gasteiger partial charge is 0.493 e. The minimum Gasteiger partial charge on any atom is -0.493 e. The Morgan fingerprint density at radius 3 is 2.90 bits per heavy atom. The van der Waals surface area contributed by atoms with Gasteiger partial charge in [0.05, 0.1) is 18.3 Å². The van der Waals surface area contributed by atoms with E-state index in [2.05, 4.69) is 5.32 Å². The molecule has 2 aromatic rings. The van der Waals surface area contributed by atoms with Gasteiger partial charge in [0.25, 0.3) is 5.91 Å². The molecule has 20 heavy (non-hydrogen) atoms. The number of carbonyl (C=O) groups is 1. The van der Waals surface area contributed by atoms with Crippen molar-refractivity contribution in [2.45, 2.75) is 13.0 Å². The van der Waals surface area contributed by atoms with Crippen LogP contribution in [0.1, 0.15) is 28.9 Å². The molecule has 0 aliphatic rings. The highest BCUT2D eigenvalue weighted by molar-refractivity contribution is 7.07. The highest BCUT2D eigenvalue weighted by Gasteiger charge is 2.14. The molecule has 0 aliphatic carbocycles. The van der Waals surface area contributed by atoms with Crippen LogP contribution < -0.4 is 10.1 Å². The van der Waals surface area contributed by atoms with E-state index in [4.69, 9.17) is 4.74 Å². The van der Waals surface area contributed by atoms with E-state index in [0.29, 0.717) is 17.9 Å². The molecule has 0 unspecified atom stereocenters. The third kappa shape index (κ3) is 3.59. The van der Waals surface area contributed by atoms with Crippen molar-refractivity contribution >= 4 is 17.2 Å². The van der Waals surface area contributed by atoms with E-state index in [0.717, 1.165) is 5.56 Å². The van der Waals surface area contributed by atoms with Crippen molar-refractivity contribution in [2.75, 3.05) is 13.2 Å². The van der Waals surface area contributed by atoms with Crippen molar-refractivity contribution in [3.05, 3.63) is 52.2 Å². The minimum atomic E-state index is -0.690. The van der Waals surface area contributed by atoms with Gasteiger partial charge in [-0.3, -0.25) is 4.79 Å². The van der Waals surface area contributed by atoms with E-state index in [-0.39, 0.29) is 12.5 Å². The molecule has 106 valence electrons. The van der Waals surface area contributed by atoms with Gasteiger partial charge < -0.3 is 15.2 Å². The zero-order valence-corrected chi connectivity index (χ0v) is 12.0. The number of para-hydroxylation sites is 1. The first-order valence-electron chi connectivity index (χ1n) is 6.42. The van der Waals surface area contributed by atoms with Crippen LogP contribution in [0.25, 0.3) is 0 Å². The fraction of sp³-hybridized carbons (Fsp3) is 0.267. The first-order chi connectivity index (χ1) is 9.72. The molecule has 0 saturated heterocycles. The summed E-state index contributed by atoms with van der Waals surface area (Å²) in [6.45, 7) is 2.55. The average Bonchev–Trinajstić information content (AvgIpc) is 2.99. The van der Waals surface area contributed by atoms with Crippen molar-refractivity contribution < 1.29 is 14.6 Å². The third-order valence-corrected chi connectivity index (χ3v) is 3.52. The highest BCUT2D eigenvalue weighted by atomic mass is 32.1. The number of nitrogens with one attached hydrogen (secondary N) is 1. The standard InChI is InChI=1S/C15H17NO3S/c1-2-19-14-6-4-3-5-12(14)15(18)16-9-13(17)11-7-8-20-10-11/h3-8,10,13,17H,2,9H2,1H3,(H,16,18)/t13-/m0/s1. The molecule has 0 radical (unpaired) electrons. The number of amides is 1. The van der Waals surface area contributed by atoms with Crippen LogP contribution in [-0.2, 0) is 0 Å². The SMILES string of the molecule is CCOc1ccccc1C(=O)NC[C@H](O)c1ccsc1. The van der Waals surface area contributed by atoms with E-state index in [1.807, 2.05) is 29.8 Å². The van der Waals surface area contributed by atoms with Crippen LogP contribution in [0.4, 0.5) is 0 Å². The average molecular weight is 291 g/mol. The van der Waals surface area contributed by atoms with Gasteiger partial charge in [-0.05, 0) is 41.4 Å². The third-order valence-electron chi connectivity index (χ3n) is 2.82. The number of ether oxygens (including phenoxy) is 1. The maximum Gasteiger partial charge on any atom is 0.255 e. The molecule has 5 heteroatoms. The fourth-order valence-electron chi connectivity index (χ4n) is 1.80. The van der Waals surface area contributed by atoms with Crippen LogP contribution >= 0.6 is 11.3 Å². The number of hydrogen-bond acceptors (Lipinski definition) is 4. The maximum absolute atomic E-state index is 12.1. The Bertz CT molecular complexity index is 554.